The molecule has 1 N–H and O–H groups in total. The predicted molar refractivity (Wildman–Crippen MR) is 83.7 cm³/mol. The normalized spacial score (nSPS) is 12.5. The zero-order valence-corrected chi connectivity index (χ0v) is 13.3. The fourth-order valence-corrected chi connectivity index (χ4v) is 2.82. The number of rotatable bonds is 4. The molecule has 1 atom stereocenters. The third kappa shape index (κ3) is 2.68. The number of fused-ring (bicyclic) bond motifs is 1. The Kier molecular flexibility index (Phi) is 4.06. The molecular formula is C15H13BrF2N4. The van der Waals surface area contributed by atoms with Crippen LogP contribution < -0.4 is 5.32 Å². The van der Waals surface area contributed by atoms with Gasteiger partial charge in [0.15, 0.2) is 5.82 Å². The molecule has 1 unspecified atom stereocenters. The van der Waals surface area contributed by atoms with Crippen LogP contribution in [-0.4, -0.2) is 14.6 Å². The van der Waals surface area contributed by atoms with Crippen molar-refractivity contribution < 1.29 is 8.78 Å². The highest BCUT2D eigenvalue weighted by atomic mass is 79.9. The molecule has 0 saturated carbocycles. The molecule has 1 aromatic carbocycles. The molecule has 3 aromatic rings. The van der Waals surface area contributed by atoms with Crippen molar-refractivity contribution in [1.82, 2.24) is 14.6 Å². The SMILES string of the molecule is CCC(Nc1nccn2ncc(Br)c12)c1cc(F)ccc1F. The maximum Gasteiger partial charge on any atom is 0.153 e. The summed E-state index contributed by atoms with van der Waals surface area (Å²) in [5.41, 5.74) is 1.03. The van der Waals surface area contributed by atoms with Crippen LogP contribution in [0.25, 0.3) is 5.52 Å². The third-order valence-corrected chi connectivity index (χ3v) is 4.02. The fraction of sp³-hybridized carbons (Fsp3) is 0.200. The summed E-state index contributed by atoms with van der Waals surface area (Å²) in [7, 11) is 0. The Bertz CT molecular complexity index is 818. The number of aromatic nitrogens is 3. The smallest absolute Gasteiger partial charge is 0.153 e. The largest absolute Gasteiger partial charge is 0.361 e. The molecule has 2 aromatic heterocycles. The Hall–Kier alpha value is -2.02. The van der Waals surface area contributed by atoms with E-state index >= 15 is 0 Å². The third-order valence-electron chi connectivity index (χ3n) is 3.44. The summed E-state index contributed by atoms with van der Waals surface area (Å²) in [6, 6.07) is 3.06. The number of nitrogens with zero attached hydrogens (tertiary/aromatic N) is 3. The van der Waals surface area contributed by atoms with Crippen LogP contribution in [0.5, 0.6) is 0 Å². The van der Waals surface area contributed by atoms with Crippen molar-refractivity contribution in [3.8, 4) is 0 Å². The first-order chi connectivity index (χ1) is 10.6. The first-order valence-electron chi connectivity index (χ1n) is 6.79. The van der Waals surface area contributed by atoms with E-state index in [2.05, 4.69) is 31.3 Å². The monoisotopic (exact) mass is 366 g/mol. The highest BCUT2D eigenvalue weighted by Crippen LogP contribution is 2.29. The topological polar surface area (TPSA) is 42.2 Å². The van der Waals surface area contributed by atoms with Crippen molar-refractivity contribution >= 4 is 27.3 Å². The molecular weight excluding hydrogens is 354 g/mol. The summed E-state index contributed by atoms with van der Waals surface area (Å²) < 4.78 is 29.8. The summed E-state index contributed by atoms with van der Waals surface area (Å²) in [6.45, 7) is 1.90. The number of nitrogens with one attached hydrogen (secondary N) is 1. The molecule has 114 valence electrons. The first-order valence-corrected chi connectivity index (χ1v) is 7.58. The van der Waals surface area contributed by atoms with Gasteiger partial charge in [0, 0.05) is 18.0 Å². The zero-order valence-electron chi connectivity index (χ0n) is 11.7. The Morgan fingerprint density at radius 1 is 1.36 bits per heavy atom. The Morgan fingerprint density at radius 2 is 2.18 bits per heavy atom. The van der Waals surface area contributed by atoms with Crippen LogP contribution >= 0.6 is 15.9 Å². The molecule has 0 saturated heterocycles. The van der Waals surface area contributed by atoms with Crippen molar-refractivity contribution in [2.24, 2.45) is 0 Å². The number of anilines is 1. The highest BCUT2D eigenvalue weighted by Gasteiger charge is 2.18. The van der Waals surface area contributed by atoms with Crippen LogP contribution in [-0.2, 0) is 0 Å². The van der Waals surface area contributed by atoms with Crippen molar-refractivity contribution in [2.75, 3.05) is 5.32 Å². The van der Waals surface area contributed by atoms with Crippen LogP contribution in [0.3, 0.4) is 0 Å². The van der Waals surface area contributed by atoms with Gasteiger partial charge in [-0.15, -0.1) is 0 Å². The molecule has 22 heavy (non-hydrogen) atoms. The van der Waals surface area contributed by atoms with Crippen LogP contribution in [0.15, 0.2) is 41.3 Å². The molecule has 0 spiro atoms. The highest BCUT2D eigenvalue weighted by molar-refractivity contribution is 9.10. The Morgan fingerprint density at radius 3 is 2.95 bits per heavy atom. The van der Waals surface area contributed by atoms with E-state index in [1.165, 1.54) is 6.07 Å². The lowest BCUT2D eigenvalue weighted by molar-refractivity contribution is 0.566. The van der Waals surface area contributed by atoms with Gasteiger partial charge < -0.3 is 5.32 Å². The van der Waals surface area contributed by atoms with E-state index in [0.29, 0.717) is 12.2 Å². The number of hydrogen-bond donors (Lipinski definition) is 1. The maximum absolute atomic E-state index is 14.0. The maximum atomic E-state index is 14.0. The number of benzene rings is 1. The van der Waals surface area contributed by atoms with Gasteiger partial charge in [0.2, 0.25) is 0 Å². The summed E-state index contributed by atoms with van der Waals surface area (Å²) in [6.07, 6.45) is 5.55. The predicted octanol–water partition coefficient (Wildman–Crippen LogP) is 4.33. The molecule has 0 aliphatic carbocycles. The van der Waals surface area contributed by atoms with Gasteiger partial charge in [-0.2, -0.15) is 5.10 Å². The van der Waals surface area contributed by atoms with Crippen LogP contribution in [0.2, 0.25) is 0 Å². The average Bonchev–Trinajstić information content (AvgIpc) is 2.90. The molecule has 7 heteroatoms. The molecule has 0 amide bonds. The van der Waals surface area contributed by atoms with Crippen molar-refractivity contribution in [2.45, 2.75) is 19.4 Å². The second-order valence-corrected chi connectivity index (χ2v) is 5.69. The average molecular weight is 367 g/mol. The molecule has 4 nitrogen and oxygen atoms in total. The van der Waals surface area contributed by atoms with E-state index in [1.54, 1.807) is 23.1 Å². The summed E-state index contributed by atoms with van der Waals surface area (Å²) in [4.78, 5) is 4.29. The van der Waals surface area contributed by atoms with Crippen LogP contribution in [0.4, 0.5) is 14.6 Å². The van der Waals surface area contributed by atoms with Crippen molar-refractivity contribution in [3.05, 3.63) is 58.5 Å². The minimum atomic E-state index is -0.464. The van der Waals surface area contributed by atoms with E-state index in [-0.39, 0.29) is 5.56 Å². The van der Waals surface area contributed by atoms with Crippen molar-refractivity contribution in [1.29, 1.82) is 0 Å². The second-order valence-electron chi connectivity index (χ2n) is 4.83. The molecule has 3 rings (SSSR count). The lowest BCUT2D eigenvalue weighted by Gasteiger charge is -2.19. The summed E-state index contributed by atoms with van der Waals surface area (Å²) >= 11 is 3.41. The van der Waals surface area contributed by atoms with Gasteiger partial charge in [0.05, 0.1) is 16.7 Å². The van der Waals surface area contributed by atoms with Gasteiger partial charge in [-0.1, -0.05) is 6.92 Å². The van der Waals surface area contributed by atoms with Gasteiger partial charge in [-0.05, 0) is 40.5 Å². The quantitative estimate of drug-likeness (QED) is 0.746. The Balaban J connectivity index is 2.01. The van der Waals surface area contributed by atoms with Crippen molar-refractivity contribution in [3.63, 3.8) is 0 Å². The van der Waals surface area contributed by atoms with E-state index < -0.39 is 17.7 Å². The first kappa shape index (κ1) is 14.9. The molecule has 0 bridgehead atoms. The lowest BCUT2D eigenvalue weighted by atomic mass is 10.0. The summed E-state index contributed by atoms with van der Waals surface area (Å²) in [5.74, 6) is -0.351. The minimum absolute atomic E-state index is 0.280. The molecule has 2 heterocycles. The van der Waals surface area contributed by atoms with E-state index in [1.807, 2.05) is 6.92 Å². The second kappa shape index (κ2) is 6.00. The van der Waals surface area contributed by atoms with Gasteiger partial charge in [0.1, 0.15) is 17.2 Å². The van der Waals surface area contributed by atoms with Gasteiger partial charge in [-0.25, -0.2) is 18.3 Å². The van der Waals surface area contributed by atoms with Crippen LogP contribution in [0.1, 0.15) is 24.9 Å². The summed E-state index contributed by atoms with van der Waals surface area (Å²) in [5, 5.41) is 7.35. The number of hydrogen-bond acceptors (Lipinski definition) is 3. The standard InChI is InChI=1S/C15H13BrF2N4/c1-2-13(10-7-9(17)3-4-12(10)18)21-15-14-11(16)8-20-22(14)6-5-19-15/h3-8,13H,2H2,1H3,(H,19,21). The van der Waals surface area contributed by atoms with Gasteiger partial charge in [-0.3, -0.25) is 0 Å². The molecule has 0 fully saturated rings. The van der Waals surface area contributed by atoms with Gasteiger partial charge >= 0.3 is 0 Å². The van der Waals surface area contributed by atoms with E-state index in [9.17, 15) is 8.78 Å². The lowest BCUT2D eigenvalue weighted by Crippen LogP contribution is -2.13. The fourth-order valence-electron chi connectivity index (χ4n) is 2.36. The van der Waals surface area contributed by atoms with E-state index in [0.717, 1.165) is 22.1 Å². The zero-order chi connectivity index (χ0) is 15.7. The molecule has 0 aliphatic heterocycles. The van der Waals surface area contributed by atoms with E-state index in [4.69, 9.17) is 0 Å². The molecule has 0 aliphatic rings. The Labute approximate surface area is 134 Å². The number of halogens is 3. The molecule has 0 radical (unpaired) electrons. The van der Waals surface area contributed by atoms with Crippen LogP contribution in [0, 0.1) is 11.6 Å². The minimum Gasteiger partial charge on any atom is -0.361 e. The van der Waals surface area contributed by atoms with Gasteiger partial charge in [0.25, 0.3) is 0 Å².